The Morgan fingerprint density at radius 1 is 1.00 bits per heavy atom. The number of aryl methyl sites for hydroxylation is 3. The van der Waals surface area contributed by atoms with Crippen molar-refractivity contribution < 1.29 is 9.47 Å². The number of thiazole rings is 1. The van der Waals surface area contributed by atoms with E-state index in [9.17, 15) is 0 Å². The monoisotopic (exact) mass is 409 g/mol. The zero-order valence-corrected chi connectivity index (χ0v) is 18.4. The van der Waals surface area contributed by atoms with Crippen LogP contribution in [0.15, 0.2) is 51.9 Å². The van der Waals surface area contributed by atoms with Crippen LogP contribution in [-0.4, -0.2) is 38.3 Å². The van der Waals surface area contributed by atoms with Crippen LogP contribution in [0.4, 0.5) is 0 Å². The van der Waals surface area contributed by atoms with Gasteiger partial charge in [-0.15, -0.1) is 11.3 Å². The molecule has 152 valence electrons. The first kappa shape index (κ1) is 21.0. The quantitative estimate of drug-likeness (QED) is 0.424. The third-order valence-electron chi connectivity index (χ3n) is 4.78. The maximum atomic E-state index is 5.23. The number of hydrogen-bond acceptors (Lipinski definition) is 5. The predicted octanol–water partition coefficient (Wildman–Crippen LogP) is 4.58. The lowest BCUT2D eigenvalue weighted by molar-refractivity contribution is 0.207. The van der Waals surface area contributed by atoms with Gasteiger partial charge in [0.2, 0.25) is 4.80 Å². The van der Waals surface area contributed by atoms with Crippen molar-refractivity contribution in [2.24, 2.45) is 10.1 Å². The summed E-state index contributed by atoms with van der Waals surface area (Å²) >= 11 is 1.59. The average Bonchev–Trinajstić information content (AvgIpc) is 3.12. The molecule has 0 atom stereocenters. The minimum absolute atomic E-state index is 0.581. The molecule has 0 N–H and O–H groups in total. The van der Waals surface area contributed by atoms with Crippen molar-refractivity contribution in [1.82, 2.24) is 4.68 Å². The van der Waals surface area contributed by atoms with Crippen molar-refractivity contribution in [2.75, 3.05) is 27.4 Å². The zero-order chi connectivity index (χ0) is 20.8. The van der Waals surface area contributed by atoms with Crippen LogP contribution in [0.1, 0.15) is 22.3 Å². The summed E-state index contributed by atoms with van der Waals surface area (Å²) in [5, 5.41) is 6.89. The molecule has 1 heterocycles. The summed E-state index contributed by atoms with van der Waals surface area (Å²) in [4.78, 5) is 5.52. The first-order chi connectivity index (χ1) is 14.0. The number of rotatable bonds is 7. The van der Waals surface area contributed by atoms with E-state index in [-0.39, 0.29) is 0 Å². The van der Waals surface area contributed by atoms with Gasteiger partial charge in [-0.3, -0.25) is 4.99 Å². The number of hydrogen-bond donors (Lipinski definition) is 0. The van der Waals surface area contributed by atoms with Crippen LogP contribution in [0.5, 0.6) is 5.75 Å². The van der Waals surface area contributed by atoms with Crippen molar-refractivity contribution in [3.8, 4) is 17.0 Å². The average molecular weight is 410 g/mol. The molecule has 0 unspecified atom stereocenters. The Hall–Kier alpha value is -2.70. The third kappa shape index (κ3) is 5.02. The molecule has 0 aliphatic heterocycles. The molecule has 3 aromatic rings. The van der Waals surface area contributed by atoms with Gasteiger partial charge >= 0.3 is 0 Å². The van der Waals surface area contributed by atoms with E-state index in [0.29, 0.717) is 13.2 Å². The molecule has 0 aliphatic carbocycles. The summed E-state index contributed by atoms with van der Waals surface area (Å²) in [6.07, 6.45) is 1.85. The first-order valence-corrected chi connectivity index (χ1v) is 10.4. The number of methoxy groups -OCH3 is 2. The summed E-state index contributed by atoms with van der Waals surface area (Å²) in [5.41, 5.74) is 6.99. The van der Waals surface area contributed by atoms with Crippen molar-refractivity contribution >= 4 is 17.6 Å². The Kier molecular flexibility index (Phi) is 7.01. The Labute approximate surface area is 176 Å². The Balaban J connectivity index is 2.07. The molecule has 0 bridgehead atoms. The van der Waals surface area contributed by atoms with Gasteiger partial charge in [0.15, 0.2) is 0 Å². The van der Waals surface area contributed by atoms with Crippen LogP contribution in [0.25, 0.3) is 11.3 Å². The second-order valence-electron chi connectivity index (χ2n) is 6.86. The van der Waals surface area contributed by atoms with Gasteiger partial charge in [0.05, 0.1) is 32.2 Å². The molecule has 0 spiro atoms. The highest BCUT2D eigenvalue weighted by molar-refractivity contribution is 7.07. The molecule has 0 aliphatic rings. The van der Waals surface area contributed by atoms with Gasteiger partial charge in [-0.25, -0.2) is 4.68 Å². The SMILES string of the molecule is COCCN=c1scc(-c2cc(C)c(C)cc2C)n1/N=C\c1ccc(OC)cc1. The highest BCUT2D eigenvalue weighted by Crippen LogP contribution is 2.27. The Bertz CT molecular complexity index is 1060. The lowest BCUT2D eigenvalue weighted by Gasteiger charge is -2.10. The fourth-order valence-electron chi connectivity index (χ4n) is 2.99. The topological polar surface area (TPSA) is 48.1 Å². The lowest BCUT2D eigenvalue weighted by Crippen LogP contribution is -2.14. The molecule has 6 heteroatoms. The van der Waals surface area contributed by atoms with E-state index in [4.69, 9.17) is 14.6 Å². The second kappa shape index (κ2) is 9.67. The molecular formula is C23H27N3O2S. The van der Waals surface area contributed by atoms with Crippen LogP contribution in [0.3, 0.4) is 0 Å². The molecular weight excluding hydrogens is 382 g/mol. The van der Waals surface area contributed by atoms with E-state index in [0.717, 1.165) is 21.8 Å². The molecule has 0 saturated heterocycles. The van der Waals surface area contributed by atoms with Crippen molar-refractivity contribution in [3.63, 3.8) is 0 Å². The summed E-state index contributed by atoms with van der Waals surface area (Å²) in [5.74, 6) is 0.826. The minimum Gasteiger partial charge on any atom is -0.497 e. The standard InChI is InChI=1S/C23H27N3O2S/c1-16-12-18(3)21(13-17(16)2)22-15-29-23(24-10-11-27-4)26(22)25-14-19-6-8-20(28-5)9-7-19/h6-9,12-15H,10-11H2,1-5H3/b24-23?,25-14-. The van der Waals surface area contributed by atoms with Crippen molar-refractivity contribution in [1.29, 1.82) is 0 Å². The van der Waals surface area contributed by atoms with E-state index >= 15 is 0 Å². The second-order valence-corrected chi connectivity index (χ2v) is 7.70. The van der Waals surface area contributed by atoms with Crippen LogP contribution in [0, 0.1) is 20.8 Å². The van der Waals surface area contributed by atoms with Gasteiger partial charge in [-0.2, -0.15) is 5.10 Å². The molecule has 3 rings (SSSR count). The highest BCUT2D eigenvalue weighted by atomic mass is 32.1. The van der Waals surface area contributed by atoms with Gasteiger partial charge in [0.1, 0.15) is 5.75 Å². The third-order valence-corrected chi connectivity index (χ3v) is 5.64. The smallest absolute Gasteiger partial charge is 0.206 e. The summed E-state index contributed by atoms with van der Waals surface area (Å²) in [6.45, 7) is 7.60. The van der Waals surface area contributed by atoms with Gasteiger partial charge in [0, 0.05) is 18.1 Å². The molecule has 0 saturated carbocycles. The first-order valence-electron chi connectivity index (χ1n) is 9.50. The number of aromatic nitrogens is 1. The summed E-state index contributed by atoms with van der Waals surface area (Å²) < 4.78 is 12.3. The summed E-state index contributed by atoms with van der Waals surface area (Å²) in [6, 6.07) is 12.3. The molecule has 5 nitrogen and oxygen atoms in total. The van der Waals surface area contributed by atoms with Crippen molar-refractivity contribution in [2.45, 2.75) is 20.8 Å². The highest BCUT2D eigenvalue weighted by Gasteiger charge is 2.11. The zero-order valence-electron chi connectivity index (χ0n) is 17.6. The fourth-order valence-corrected chi connectivity index (χ4v) is 3.84. The normalized spacial score (nSPS) is 12.1. The maximum Gasteiger partial charge on any atom is 0.206 e. The lowest BCUT2D eigenvalue weighted by atomic mass is 9.99. The maximum absolute atomic E-state index is 5.23. The van der Waals surface area contributed by atoms with Crippen LogP contribution >= 0.6 is 11.3 Å². The van der Waals surface area contributed by atoms with Crippen LogP contribution in [-0.2, 0) is 4.74 Å². The van der Waals surface area contributed by atoms with E-state index in [1.54, 1.807) is 25.6 Å². The molecule has 29 heavy (non-hydrogen) atoms. The molecule has 2 aromatic carbocycles. The van der Waals surface area contributed by atoms with Gasteiger partial charge in [0.25, 0.3) is 0 Å². The Morgan fingerprint density at radius 2 is 1.72 bits per heavy atom. The molecule has 1 aromatic heterocycles. The summed E-state index contributed by atoms with van der Waals surface area (Å²) in [7, 11) is 3.35. The largest absolute Gasteiger partial charge is 0.497 e. The Morgan fingerprint density at radius 3 is 2.41 bits per heavy atom. The van der Waals surface area contributed by atoms with Crippen LogP contribution in [0.2, 0.25) is 0 Å². The van der Waals surface area contributed by atoms with E-state index < -0.39 is 0 Å². The fraction of sp³-hybridized carbons (Fsp3) is 0.304. The predicted molar refractivity (Wildman–Crippen MR) is 120 cm³/mol. The number of nitrogens with zero attached hydrogens (tertiary/aromatic N) is 3. The molecule has 0 fully saturated rings. The number of ether oxygens (including phenoxy) is 2. The number of benzene rings is 2. The molecule has 0 amide bonds. The van der Waals surface area contributed by atoms with E-state index in [2.05, 4.69) is 43.3 Å². The van der Waals surface area contributed by atoms with Crippen LogP contribution < -0.4 is 9.54 Å². The van der Waals surface area contributed by atoms with E-state index in [1.807, 2.05) is 35.2 Å². The van der Waals surface area contributed by atoms with Gasteiger partial charge in [-0.1, -0.05) is 6.07 Å². The minimum atomic E-state index is 0.581. The van der Waals surface area contributed by atoms with Gasteiger partial charge < -0.3 is 9.47 Å². The van der Waals surface area contributed by atoms with Crippen molar-refractivity contribution in [3.05, 3.63) is 68.8 Å². The van der Waals surface area contributed by atoms with Gasteiger partial charge in [-0.05, 0) is 73.4 Å². The molecule has 0 radical (unpaired) electrons. The van der Waals surface area contributed by atoms with E-state index in [1.165, 1.54) is 22.3 Å².